The second-order valence-corrected chi connectivity index (χ2v) is 7.51. The molecule has 0 unspecified atom stereocenters. The summed E-state index contributed by atoms with van der Waals surface area (Å²) in [6.07, 6.45) is 6.59. The molecule has 27 heavy (non-hydrogen) atoms. The summed E-state index contributed by atoms with van der Waals surface area (Å²) in [6.45, 7) is 0. The molecule has 0 saturated carbocycles. The topological polar surface area (TPSA) is 49.4 Å². The molecule has 0 spiro atoms. The van der Waals surface area contributed by atoms with E-state index >= 15 is 0 Å². The van der Waals surface area contributed by atoms with Gasteiger partial charge in [-0.05, 0) is 36.5 Å². The molecule has 2 amide bonds. The second kappa shape index (κ2) is 7.03. The van der Waals surface area contributed by atoms with E-state index < -0.39 is 5.41 Å². The molecular formula is C23H24N2O2. The third kappa shape index (κ3) is 3.16. The Kier molecular flexibility index (Phi) is 4.56. The van der Waals surface area contributed by atoms with E-state index in [1.807, 2.05) is 54.6 Å². The molecule has 0 fully saturated rings. The van der Waals surface area contributed by atoms with Crippen LogP contribution in [0.1, 0.15) is 30.4 Å². The molecule has 2 aromatic carbocycles. The van der Waals surface area contributed by atoms with Crippen molar-refractivity contribution in [2.24, 2.45) is 0 Å². The number of carbonyl (C=O) groups is 2. The van der Waals surface area contributed by atoms with Crippen LogP contribution in [0, 0.1) is 0 Å². The first-order valence-electron chi connectivity index (χ1n) is 9.46. The number of hydrogen-bond acceptors (Lipinski definition) is 2. The molecule has 2 aliphatic rings. The number of nitrogens with zero attached hydrogens (tertiary/aromatic N) is 1. The zero-order chi connectivity index (χ0) is 18.9. The number of hydrogen-bond donors (Lipinski definition) is 1. The molecule has 1 aliphatic carbocycles. The van der Waals surface area contributed by atoms with Crippen molar-refractivity contribution in [3.8, 4) is 0 Å². The summed E-state index contributed by atoms with van der Waals surface area (Å²) in [7, 11) is 1.80. The monoisotopic (exact) mass is 360 g/mol. The van der Waals surface area contributed by atoms with Crippen LogP contribution in [0.15, 0.2) is 66.7 Å². The Morgan fingerprint density at radius 2 is 1.74 bits per heavy atom. The fraction of sp³-hybridized carbons (Fsp3) is 0.304. The van der Waals surface area contributed by atoms with Gasteiger partial charge in [0.2, 0.25) is 11.8 Å². The van der Waals surface area contributed by atoms with Crippen LogP contribution in [-0.4, -0.2) is 24.9 Å². The second-order valence-electron chi connectivity index (χ2n) is 7.51. The van der Waals surface area contributed by atoms with E-state index in [-0.39, 0.29) is 24.3 Å². The molecule has 1 aliphatic heterocycles. The molecule has 1 atom stereocenters. The Balaban J connectivity index is 1.69. The van der Waals surface area contributed by atoms with Crippen molar-refractivity contribution in [3.05, 3.63) is 77.9 Å². The first-order valence-corrected chi connectivity index (χ1v) is 9.46. The van der Waals surface area contributed by atoms with Gasteiger partial charge in [0, 0.05) is 25.2 Å². The maximum absolute atomic E-state index is 13.4. The zero-order valence-corrected chi connectivity index (χ0v) is 15.5. The summed E-state index contributed by atoms with van der Waals surface area (Å²) >= 11 is 0. The summed E-state index contributed by atoms with van der Waals surface area (Å²) in [4.78, 5) is 28.0. The number of carbonyl (C=O) groups excluding carboxylic acids is 2. The van der Waals surface area contributed by atoms with Crippen LogP contribution in [0.4, 0.5) is 5.69 Å². The van der Waals surface area contributed by atoms with E-state index in [9.17, 15) is 9.59 Å². The minimum atomic E-state index is -0.858. The third-order valence-electron chi connectivity index (χ3n) is 5.68. The van der Waals surface area contributed by atoms with Gasteiger partial charge in [-0.15, -0.1) is 0 Å². The van der Waals surface area contributed by atoms with Gasteiger partial charge in [-0.1, -0.05) is 60.7 Å². The smallest absolute Gasteiger partial charge is 0.238 e. The van der Waals surface area contributed by atoms with Crippen LogP contribution in [-0.2, 0) is 21.4 Å². The molecule has 4 nitrogen and oxygen atoms in total. The highest BCUT2D eigenvalue weighted by molar-refractivity contribution is 6.10. The largest absolute Gasteiger partial charge is 0.353 e. The van der Waals surface area contributed by atoms with Crippen molar-refractivity contribution in [2.45, 2.75) is 37.1 Å². The highest BCUT2D eigenvalue weighted by atomic mass is 16.2. The van der Waals surface area contributed by atoms with Gasteiger partial charge in [-0.3, -0.25) is 9.59 Å². The fourth-order valence-corrected chi connectivity index (χ4v) is 4.35. The van der Waals surface area contributed by atoms with Crippen LogP contribution in [0.25, 0.3) is 0 Å². The zero-order valence-electron chi connectivity index (χ0n) is 15.5. The first-order chi connectivity index (χ1) is 13.1. The average molecular weight is 360 g/mol. The van der Waals surface area contributed by atoms with Crippen LogP contribution in [0.2, 0.25) is 0 Å². The summed E-state index contributed by atoms with van der Waals surface area (Å²) in [6, 6.07) is 17.9. The number of fused-ring (bicyclic) bond motifs is 1. The molecule has 1 N–H and O–H groups in total. The van der Waals surface area contributed by atoms with Crippen LogP contribution in [0.3, 0.4) is 0 Å². The van der Waals surface area contributed by atoms with Crippen LogP contribution >= 0.6 is 0 Å². The molecule has 1 heterocycles. The lowest BCUT2D eigenvalue weighted by Gasteiger charge is -2.29. The van der Waals surface area contributed by atoms with Crippen molar-refractivity contribution >= 4 is 17.5 Å². The lowest BCUT2D eigenvalue weighted by molar-refractivity contribution is -0.129. The lowest BCUT2D eigenvalue weighted by Crippen LogP contribution is -2.45. The van der Waals surface area contributed by atoms with Crippen molar-refractivity contribution in [3.63, 3.8) is 0 Å². The molecule has 4 heteroatoms. The van der Waals surface area contributed by atoms with E-state index in [1.165, 1.54) is 0 Å². The van der Waals surface area contributed by atoms with Gasteiger partial charge in [-0.2, -0.15) is 0 Å². The van der Waals surface area contributed by atoms with Gasteiger partial charge < -0.3 is 10.2 Å². The van der Waals surface area contributed by atoms with Gasteiger partial charge in [0.05, 0.1) is 5.41 Å². The number of benzene rings is 2. The van der Waals surface area contributed by atoms with Crippen LogP contribution in [0.5, 0.6) is 0 Å². The Bertz CT molecular complexity index is 882. The predicted octanol–water partition coefficient (Wildman–Crippen LogP) is 3.37. The number of amides is 2. The van der Waals surface area contributed by atoms with Crippen molar-refractivity contribution in [2.75, 3.05) is 11.9 Å². The first kappa shape index (κ1) is 17.5. The quantitative estimate of drug-likeness (QED) is 0.831. The lowest BCUT2D eigenvalue weighted by atomic mass is 9.73. The summed E-state index contributed by atoms with van der Waals surface area (Å²) in [5.41, 5.74) is 2.05. The Morgan fingerprint density at radius 1 is 1.07 bits per heavy atom. The predicted molar refractivity (Wildman–Crippen MR) is 107 cm³/mol. The van der Waals surface area contributed by atoms with Crippen molar-refractivity contribution < 1.29 is 9.59 Å². The summed E-state index contributed by atoms with van der Waals surface area (Å²) in [5, 5.41) is 3.11. The van der Waals surface area contributed by atoms with Gasteiger partial charge >= 0.3 is 0 Å². The number of likely N-dealkylation sites (N-methyl/N-ethyl adjacent to an activating group) is 1. The highest BCUT2D eigenvalue weighted by Gasteiger charge is 2.50. The summed E-state index contributed by atoms with van der Waals surface area (Å²) < 4.78 is 0. The van der Waals surface area contributed by atoms with Gasteiger partial charge in [0.15, 0.2) is 0 Å². The molecule has 2 aromatic rings. The van der Waals surface area contributed by atoms with E-state index in [2.05, 4.69) is 17.5 Å². The number of anilines is 1. The van der Waals surface area contributed by atoms with E-state index in [1.54, 1.807) is 11.9 Å². The Labute approximate surface area is 159 Å². The van der Waals surface area contributed by atoms with Crippen molar-refractivity contribution in [1.29, 1.82) is 0 Å². The third-order valence-corrected chi connectivity index (χ3v) is 5.68. The van der Waals surface area contributed by atoms with E-state index in [0.717, 1.165) is 29.7 Å². The molecule has 0 bridgehead atoms. The average Bonchev–Trinajstić information content (AvgIpc) is 3.25. The minimum Gasteiger partial charge on any atom is -0.353 e. The molecule has 4 rings (SSSR count). The number of para-hydroxylation sites is 1. The van der Waals surface area contributed by atoms with E-state index in [4.69, 9.17) is 0 Å². The molecule has 0 radical (unpaired) electrons. The summed E-state index contributed by atoms with van der Waals surface area (Å²) in [5.74, 6) is -0.0645. The SMILES string of the molecule is CN1C(=O)[C@](CC(=O)NC2CC=CC2)(Cc2ccccc2)c2ccccc21. The molecule has 0 saturated heterocycles. The van der Waals surface area contributed by atoms with Gasteiger partial charge in [0.1, 0.15) is 0 Å². The van der Waals surface area contributed by atoms with Gasteiger partial charge in [-0.25, -0.2) is 0 Å². The maximum atomic E-state index is 13.4. The number of rotatable bonds is 5. The van der Waals surface area contributed by atoms with E-state index in [0.29, 0.717) is 6.42 Å². The molecule has 138 valence electrons. The van der Waals surface area contributed by atoms with Crippen LogP contribution < -0.4 is 10.2 Å². The molecule has 0 aromatic heterocycles. The normalized spacial score (nSPS) is 21.5. The van der Waals surface area contributed by atoms with Crippen molar-refractivity contribution in [1.82, 2.24) is 5.32 Å². The molecular weight excluding hydrogens is 336 g/mol. The highest BCUT2D eigenvalue weighted by Crippen LogP contribution is 2.45. The Hall–Kier alpha value is -2.88. The Morgan fingerprint density at radius 3 is 2.48 bits per heavy atom. The fourth-order valence-electron chi connectivity index (χ4n) is 4.35. The standard InChI is InChI=1S/C23H24N2O2/c1-25-20-14-8-7-13-19(20)23(22(25)27,15-17-9-3-2-4-10-17)16-21(26)24-18-11-5-6-12-18/h2-10,13-14,18H,11-12,15-16H2,1H3,(H,24,26)/t23-/m0/s1. The minimum absolute atomic E-state index is 0.00718. The number of nitrogens with one attached hydrogen (secondary N) is 1. The van der Waals surface area contributed by atoms with Gasteiger partial charge in [0.25, 0.3) is 0 Å². The maximum Gasteiger partial charge on any atom is 0.238 e.